The largest absolute Gasteiger partial charge is 0.330 e. The van der Waals surface area contributed by atoms with Crippen molar-refractivity contribution in [2.75, 3.05) is 6.54 Å². The Labute approximate surface area is 120 Å². The normalized spacial score (nSPS) is 12.1. The van der Waals surface area contributed by atoms with Crippen molar-refractivity contribution in [3.63, 3.8) is 0 Å². The van der Waals surface area contributed by atoms with Crippen molar-refractivity contribution in [2.24, 2.45) is 11.1 Å². The van der Waals surface area contributed by atoms with E-state index in [-0.39, 0.29) is 5.41 Å². The molecule has 2 aromatic rings. The first-order chi connectivity index (χ1) is 8.82. The van der Waals surface area contributed by atoms with Crippen LogP contribution in [0.4, 0.5) is 0 Å². The molecule has 0 atom stereocenters. The lowest BCUT2D eigenvalue weighted by atomic mass is 9.87. The molecule has 0 saturated heterocycles. The minimum absolute atomic E-state index is 0.0768. The summed E-state index contributed by atoms with van der Waals surface area (Å²) in [7, 11) is 0. The van der Waals surface area contributed by atoms with Gasteiger partial charge in [-0.2, -0.15) is 0 Å². The van der Waals surface area contributed by atoms with Crippen LogP contribution in [0, 0.1) is 19.3 Å². The van der Waals surface area contributed by atoms with Crippen LogP contribution in [-0.4, -0.2) is 11.5 Å². The van der Waals surface area contributed by atoms with Crippen molar-refractivity contribution in [2.45, 2.75) is 34.1 Å². The highest BCUT2D eigenvalue weighted by molar-refractivity contribution is 6.31. The third-order valence-corrected chi connectivity index (χ3v) is 3.76. The number of halogens is 1. The van der Waals surface area contributed by atoms with E-state index in [0.717, 1.165) is 33.6 Å². The second-order valence-electron chi connectivity index (χ2n) is 6.09. The predicted octanol–water partition coefficient (Wildman–Crippen LogP) is 4.03. The fourth-order valence-corrected chi connectivity index (χ4v) is 2.61. The summed E-state index contributed by atoms with van der Waals surface area (Å²) in [6, 6.07) is 6.10. The third kappa shape index (κ3) is 3.07. The van der Waals surface area contributed by atoms with Crippen molar-refractivity contribution in [1.82, 2.24) is 4.98 Å². The number of nitrogens with zero attached hydrogens (tertiary/aromatic N) is 1. The van der Waals surface area contributed by atoms with Gasteiger partial charge in [-0.25, -0.2) is 0 Å². The standard InChI is InChI=1S/C16H21ClN2/c1-10-6-13(8-16(3,4)9-18)19-15-11(2)5-12(17)7-14(10)15/h5-7H,8-9,18H2,1-4H3. The van der Waals surface area contributed by atoms with Crippen LogP contribution < -0.4 is 5.73 Å². The molecule has 0 spiro atoms. The molecule has 1 aromatic heterocycles. The highest BCUT2D eigenvalue weighted by Crippen LogP contribution is 2.27. The Kier molecular flexibility index (Phi) is 3.84. The van der Waals surface area contributed by atoms with Crippen molar-refractivity contribution in [3.05, 3.63) is 40.0 Å². The zero-order valence-electron chi connectivity index (χ0n) is 12.0. The third-order valence-electron chi connectivity index (χ3n) is 3.54. The van der Waals surface area contributed by atoms with Gasteiger partial charge in [0.15, 0.2) is 0 Å². The average Bonchev–Trinajstić information content (AvgIpc) is 2.30. The molecule has 0 aliphatic rings. The minimum Gasteiger partial charge on any atom is -0.330 e. The summed E-state index contributed by atoms with van der Waals surface area (Å²) in [4.78, 5) is 4.80. The van der Waals surface area contributed by atoms with E-state index in [1.165, 1.54) is 5.56 Å². The molecule has 2 N–H and O–H groups in total. The van der Waals surface area contributed by atoms with Crippen molar-refractivity contribution in [3.8, 4) is 0 Å². The number of aryl methyl sites for hydroxylation is 2. The van der Waals surface area contributed by atoms with E-state index in [4.69, 9.17) is 22.3 Å². The van der Waals surface area contributed by atoms with Crippen LogP contribution in [-0.2, 0) is 6.42 Å². The van der Waals surface area contributed by atoms with Gasteiger partial charge >= 0.3 is 0 Å². The van der Waals surface area contributed by atoms with Crippen LogP contribution in [0.1, 0.15) is 30.7 Å². The number of nitrogens with two attached hydrogens (primary N) is 1. The summed E-state index contributed by atoms with van der Waals surface area (Å²) < 4.78 is 0. The topological polar surface area (TPSA) is 38.9 Å². The summed E-state index contributed by atoms with van der Waals surface area (Å²) in [5.41, 5.74) is 10.4. The molecular weight excluding hydrogens is 256 g/mol. The van der Waals surface area contributed by atoms with Gasteiger partial charge in [0.25, 0.3) is 0 Å². The van der Waals surface area contributed by atoms with Crippen LogP contribution in [0.25, 0.3) is 10.9 Å². The maximum atomic E-state index is 6.12. The number of hydrogen-bond acceptors (Lipinski definition) is 2. The van der Waals surface area contributed by atoms with Crippen LogP contribution >= 0.6 is 11.6 Å². The second kappa shape index (κ2) is 5.10. The molecule has 19 heavy (non-hydrogen) atoms. The Morgan fingerprint density at radius 1 is 1.16 bits per heavy atom. The van der Waals surface area contributed by atoms with Crippen molar-refractivity contribution < 1.29 is 0 Å². The van der Waals surface area contributed by atoms with Crippen molar-refractivity contribution in [1.29, 1.82) is 0 Å². The molecule has 102 valence electrons. The van der Waals surface area contributed by atoms with Crippen LogP contribution in [0.5, 0.6) is 0 Å². The Hall–Kier alpha value is -1.12. The van der Waals surface area contributed by atoms with Gasteiger partial charge in [-0.05, 0) is 61.6 Å². The minimum atomic E-state index is 0.0768. The maximum Gasteiger partial charge on any atom is 0.0738 e. The average molecular weight is 277 g/mol. The molecule has 1 aromatic carbocycles. The Morgan fingerprint density at radius 2 is 1.84 bits per heavy atom. The molecule has 0 radical (unpaired) electrons. The number of aromatic nitrogens is 1. The molecule has 0 aliphatic heterocycles. The highest BCUT2D eigenvalue weighted by atomic mass is 35.5. The quantitative estimate of drug-likeness (QED) is 0.919. The first kappa shape index (κ1) is 14.3. The molecule has 0 unspecified atom stereocenters. The summed E-state index contributed by atoms with van der Waals surface area (Å²) >= 11 is 6.12. The highest BCUT2D eigenvalue weighted by Gasteiger charge is 2.18. The molecule has 3 heteroatoms. The summed E-state index contributed by atoms with van der Waals surface area (Å²) in [5, 5.41) is 1.91. The molecule has 1 heterocycles. The van der Waals surface area contributed by atoms with Gasteiger partial charge < -0.3 is 5.73 Å². The van der Waals surface area contributed by atoms with E-state index in [9.17, 15) is 0 Å². The molecular formula is C16H21ClN2. The first-order valence-corrected chi connectivity index (χ1v) is 6.97. The number of hydrogen-bond donors (Lipinski definition) is 1. The molecule has 2 rings (SSSR count). The molecule has 0 bridgehead atoms. The number of pyridine rings is 1. The van der Waals surface area contributed by atoms with Gasteiger partial charge in [-0.3, -0.25) is 4.98 Å². The van der Waals surface area contributed by atoms with Crippen LogP contribution in [0.15, 0.2) is 18.2 Å². The Morgan fingerprint density at radius 3 is 2.47 bits per heavy atom. The first-order valence-electron chi connectivity index (χ1n) is 6.59. The lowest BCUT2D eigenvalue weighted by Gasteiger charge is -2.22. The van der Waals surface area contributed by atoms with Gasteiger partial charge in [0.2, 0.25) is 0 Å². The molecule has 0 fully saturated rings. The van der Waals surface area contributed by atoms with E-state index in [0.29, 0.717) is 6.54 Å². The molecule has 2 nitrogen and oxygen atoms in total. The summed E-state index contributed by atoms with van der Waals surface area (Å²) in [5.74, 6) is 0. The predicted molar refractivity (Wildman–Crippen MR) is 82.8 cm³/mol. The smallest absolute Gasteiger partial charge is 0.0738 e. The summed E-state index contributed by atoms with van der Waals surface area (Å²) in [6.45, 7) is 9.16. The fourth-order valence-electron chi connectivity index (χ4n) is 2.34. The Bertz CT molecular complexity index is 618. The lowest BCUT2D eigenvalue weighted by molar-refractivity contribution is 0.373. The second-order valence-corrected chi connectivity index (χ2v) is 6.53. The van der Waals surface area contributed by atoms with Crippen LogP contribution in [0.3, 0.4) is 0 Å². The van der Waals surface area contributed by atoms with Gasteiger partial charge in [-0.15, -0.1) is 0 Å². The fraction of sp³-hybridized carbons (Fsp3) is 0.438. The monoisotopic (exact) mass is 276 g/mol. The number of fused-ring (bicyclic) bond motifs is 1. The van der Waals surface area contributed by atoms with Crippen LogP contribution in [0.2, 0.25) is 5.02 Å². The van der Waals surface area contributed by atoms with E-state index < -0.39 is 0 Å². The lowest BCUT2D eigenvalue weighted by Crippen LogP contribution is -2.26. The van der Waals surface area contributed by atoms with E-state index in [2.05, 4.69) is 33.8 Å². The SMILES string of the molecule is Cc1cc(CC(C)(C)CN)nc2c(C)cc(Cl)cc12. The Balaban J connectivity index is 2.56. The van der Waals surface area contributed by atoms with Gasteiger partial charge in [0.05, 0.1) is 5.52 Å². The van der Waals surface area contributed by atoms with Gasteiger partial charge in [0.1, 0.15) is 0 Å². The zero-order chi connectivity index (χ0) is 14.2. The van der Waals surface area contributed by atoms with Gasteiger partial charge in [-0.1, -0.05) is 25.4 Å². The molecule has 0 saturated carbocycles. The number of rotatable bonds is 3. The molecule has 0 aliphatic carbocycles. The van der Waals surface area contributed by atoms with Gasteiger partial charge in [0, 0.05) is 16.1 Å². The van der Waals surface area contributed by atoms with E-state index >= 15 is 0 Å². The van der Waals surface area contributed by atoms with Crippen molar-refractivity contribution >= 4 is 22.5 Å². The summed E-state index contributed by atoms with van der Waals surface area (Å²) in [6.07, 6.45) is 0.891. The van der Waals surface area contributed by atoms with E-state index in [1.54, 1.807) is 0 Å². The van der Waals surface area contributed by atoms with E-state index in [1.807, 2.05) is 12.1 Å². The molecule has 0 amide bonds. The number of benzene rings is 1. The maximum absolute atomic E-state index is 6.12. The zero-order valence-corrected chi connectivity index (χ0v) is 12.8.